The third-order valence-electron chi connectivity index (χ3n) is 3.45. The fraction of sp³-hybridized carbons (Fsp3) is 0.158. The van der Waals surface area contributed by atoms with Crippen LogP contribution in [0.2, 0.25) is 0 Å². The molecule has 3 rings (SSSR count). The van der Waals surface area contributed by atoms with E-state index in [1.807, 2.05) is 41.8 Å². The number of carbonyl (C=O) groups is 1. The second-order valence-electron chi connectivity index (χ2n) is 5.23. The van der Waals surface area contributed by atoms with E-state index in [-0.39, 0.29) is 5.91 Å². The number of carbonyl (C=O) groups excluding carboxylic acids is 1. The molecule has 0 fully saturated rings. The summed E-state index contributed by atoms with van der Waals surface area (Å²) >= 11 is 1.40. The summed E-state index contributed by atoms with van der Waals surface area (Å²) in [6.07, 6.45) is 0. The molecular weight excluding hydrogens is 336 g/mol. The lowest BCUT2D eigenvalue weighted by molar-refractivity contribution is 0.102. The summed E-state index contributed by atoms with van der Waals surface area (Å²) in [5.41, 5.74) is 2.39. The molecule has 0 unspecified atom stereocenters. The molecule has 0 atom stereocenters. The van der Waals surface area contributed by atoms with Crippen LogP contribution >= 0.6 is 11.3 Å². The van der Waals surface area contributed by atoms with Gasteiger partial charge in [0.05, 0.1) is 12.3 Å². The molecule has 0 saturated carbocycles. The van der Waals surface area contributed by atoms with E-state index in [1.165, 1.54) is 11.3 Å². The topological polar surface area (TPSA) is 60.5 Å². The molecule has 0 aliphatic carbocycles. The van der Waals surface area contributed by atoms with E-state index in [0.29, 0.717) is 29.7 Å². The molecule has 0 bridgehead atoms. The van der Waals surface area contributed by atoms with Gasteiger partial charge in [0.25, 0.3) is 5.91 Å². The number of nitrogens with zero attached hydrogens (tertiary/aromatic N) is 1. The highest BCUT2D eigenvalue weighted by Crippen LogP contribution is 2.25. The summed E-state index contributed by atoms with van der Waals surface area (Å²) < 4.78 is 10.5. The quantitative estimate of drug-likeness (QED) is 0.649. The second-order valence-corrected chi connectivity index (χ2v) is 6.09. The van der Waals surface area contributed by atoms with Crippen LogP contribution in [0.1, 0.15) is 10.4 Å². The minimum atomic E-state index is -0.217. The molecule has 0 spiro atoms. The molecule has 128 valence electrons. The largest absolute Gasteiger partial charge is 0.491 e. The average molecular weight is 354 g/mol. The Balaban J connectivity index is 1.66. The van der Waals surface area contributed by atoms with Crippen molar-refractivity contribution in [1.29, 1.82) is 0 Å². The summed E-state index contributed by atoms with van der Waals surface area (Å²) in [4.78, 5) is 16.9. The molecule has 0 saturated heterocycles. The monoisotopic (exact) mass is 354 g/mol. The molecule has 6 heteroatoms. The maximum Gasteiger partial charge on any atom is 0.257 e. The van der Waals surface area contributed by atoms with Gasteiger partial charge in [-0.2, -0.15) is 0 Å². The van der Waals surface area contributed by atoms with Gasteiger partial charge in [0.15, 0.2) is 5.13 Å². The van der Waals surface area contributed by atoms with Gasteiger partial charge in [0.1, 0.15) is 12.4 Å². The molecule has 25 heavy (non-hydrogen) atoms. The molecule has 0 aliphatic rings. The van der Waals surface area contributed by atoms with Gasteiger partial charge < -0.3 is 9.47 Å². The van der Waals surface area contributed by atoms with Crippen LogP contribution in [0.3, 0.4) is 0 Å². The third-order valence-corrected chi connectivity index (χ3v) is 4.20. The summed E-state index contributed by atoms with van der Waals surface area (Å²) in [6.45, 7) is 0.937. The number of nitrogens with one attached hydrogen (secondary N) is 1. The van der Waals surface area contributed by atoms with E-state index >= 15 is 0 Å². The fourth-order valence-electron chi connectivity index (χ4n) is 2.21. The van der Waals surface area contributed by atoms with Crippen LogP contribution in [0, 0.1) is 0 Å². The van der Waals surface area contributed by atoms with Gasteiger partial charge in [0.2, 0.25) is 0 Å². The summed E-state index contributed by atoms with van der Waals surface area (Å²) in [6, 6.07) is 16.9. The smallest absolute Gasteiger partial charge is 0.257 e. The Morgan fingerprint density at radius 2 is 1.96 bits per heavy atom. The van der Waals surface area contributed by atoms with E-state index < -0.39 is 0 Å². The van der Waals surface area contributed by atoms with Gasteiger partial charge in [-0.05, 0) is 18.2 Å². The zero-order valence-corrected chi connectivity index (χ0v) is 14.6. The highest BCUT2D eigenvalue weighted by atomic mass is 32.1. The van der Waals surface area contributed by atoms with Crippen molar-refractivity contribution < 1.29 is 14.3 Å². The predicted octanol–water partition coefficient (Wildman–Crippen LogP) is 4.09. The number of anilines is 1. The molecule has 1 amide bonds. The first-order valence-electron chi connectivity index (χ1n) is 7.80. The lowest BCUT2D eigenvalue weighted by Crippen LogP contribution is -2.12. The number of aromatic nitrogens is 1. The minimum absolute atomic E-state index is 0.217. The molecule has 1 heterocycles. The summed E-state index contributed by atoms with van der Waals surface area (Å²) in [7, 11) is 1.62. The van der Waals surface area contributed by atoms with E-state index in [1.54, 1.807) is 25.3 Å². The Labute approximate surface area is 150 Å². The van der Waals surface area contributed by atoms with Gasteiger partial charge in [-0.3, -0.25) is 10.1 Å². The lowest BCUT2D eigenvalue weighted by Gasteiger charge is -2.07. The summed E-state index contributed by atoms with van der Waals surface area (Å²) in [5.74, 6) is 0.417. The Bertz CT molecular complexity index is 833. The van der Waals surface area contributed by atoms with Gasteiger partial charge in [-0.25, -0.2) is 4.98 Å². The van der Waals surface area contributed by atoms with Crippen molar-refractivity contribution in [2.75, 3.05) is 25.6 Å². The first-order valence-corrected chi connectivity index (χ1v) is 8.68. The average Bonchev–Trinajstić information content (AvgIpc) is 3.11. The zero-order chi connectivity index (χ0) is 17.5. The molecule has 1 aromatic heterocycles. The maximum atomic E-state index is 12.4. The van der Waals surface area contributed by atoms with Crippen molar-refractivity contribution in [3.63, 3.8) is 0 Å². The van der Waals surface area contributed by atoms with Crippen LogP contribution in [0.15, 0.2) is 60.0 Å². The molecule has 5 nitrogen and oxygen atoms in total. The van der Waals surface area contributed by atoms with Crippen molar-refractivity contribution in [3.05, 3.63) is 65.5 Å². The Hall–Kier alpha value is -2.70. The van der Waals surface area contributed by atoms with Crippen LogP contribution in [0.25, 0.3) is 11.3 Å². The van der Waals surface area contributed by atoms with Crippen LogP contribution in [-0.4, -0.2) is 31.2 Å². The van der Waals surface area contributed by atoms with E-state index in [4.69, 9.17) is 9.47 Å². The molecule has 3 aromatic rings. The number of ether oxygens (including phenoxy) is 2. The Kier molecular flexibility index (Phi) is 5.77. The van der Waals surface area contributed by atoms with Crippen molar-refractivity contribution >= 4 is 22.4 Å². The van der Waals surface area contributed by atoms with Crippen LogP contribution in [-0.2, 0) is 4.74 Å². The number of amides is 1. The van der Waals surface area contributed by atoms with Crippen LogP contribution in [0.5, 0.6) is 5.75 Å². The van der Waals surface area contributed by atoms with E-state index in [2.05, 4.69) is 10.3 Å². The van der Waals surface area contributed by atoms with E-state index in [9.17, 15) is 4.79 Å². The van der Waals surface area contributed by atoms with Crippen LogP contribution < -0.4 is 10.1 Å². The number of methoxy groups -OCH3 is 1. The Morgan fingerprint density at radius 3 is 2.76 bits per heavy atom. The first kappa shape index (κ1) is 17.1. The number of rotatable bonds is 7. The molecule has 1 N–H and O–H groups in total. The lowest BCUT2D eigenvalue weighted by atomic mass is 10.2. The van der Waals surface area contributed by atoms with Crippen molar-refractivity contribution in [2.45, 2.75) is 0 Å². The normalized spacial score (nSPS) is 10.4. The number of hydrogen-bond acceptors (Lipinski definition) is 5. The van der Waals surface area contributed by atoms with Gasteiger partial charge in [-0.1, -0.05) is 36.4 Å². The maximum absolute atomic E-state index is 12.4. The Morgan fingerprint density at radius 1 is 1.12 bits per heavy atom. The number of hydrogen-bond donors (Lipinski definition) is 1. The first-order chi connectivity index (χ1) is 12.3. The van der Waals surface area contributed by atoms with Crippen molar-refractivity contribution in [1.82, 2.24) is 4.98 Å². The highest BCUT2D eigenvalue weighted by molar-refractivity contribution is 7.14. The second kappa shape index (κ2) is 8.41. The fourth-order valence-corrected chi connectivity index (χ4v) is 2.93. The SMILES string of the molecule is COCCOc1cccc(C(=O)Nc2nc(-c3ccccc3)cs2)c1. The summed E-state index contributed by atoms with van der Waals surface area (Å²) in [5, 5.41) is 5.32. The minimum Gasteiger partial charge on any atom is -0.491 e. The highest BCUT2D eigenvalue weighted by Gasteiger charge is 2.11. The van der Waals surface area contributed by atoms with Crippen LogP contribution in [0.4, 0.5) is 5.13 Å². The molecular formula is C19H18N2O3S. The molecule has 0 radical (unpaired) electrons. The van der Waals surface area contributed by atoms with Crippen molar-refractivity contribution in [2.24, 2.45) is 0 Å². The molecule has 2 aromatic carbocycles. The molecule has 0 aliphatic heterocycles. The third kappa shape index (κ3) is 4.65. The van der Waals surface area contributed by atoms with Gasteiger partial charge in [0, 0.05) is 23.6 Å². The predicted molar refractivity (Wildman–Crippen MR) is 99.3 cm³/mol. The van der Waals surface area contributed by atoms with Gasteiger partial charge >= 0.3 is 0 Å². The van der Waals surface area contributed by atoms with Crippen molar-refractivity contribution in [3.8, 4) is 17.0 Å². The standard InChI is InChI=1S/C19H18N2O3S/c1-23-10-11-24-16-9-5-8-15(12-16)18(22)21-19-20-17(13-25-19)14-6-3-2-4-7-14/h2-9,12-13H,10-11H2,1H3,(H,20,21,22). The van der Waals surface area contributed by atoms with Gasteiger partial charge in [-0.15, -0.1) is 11.3 Å². The van der Waals surface area contributed by atoms with E-state index in [0.717, 1.165) is 11.3 Å². The number of benzene rings is 2. The number of thiazole rings is 1. The zero-order valence-electron chi connectivity index (χ0n) is 13.8.